The minimum absolute atomic E-state index is 0.383. The zero-order chi connectivity index (χ0) is 13.0. The smallest absolute Gasteiger partial charge is 0.407 e. The molecule has 4 heteroatoms. The summed E-state index contributed by atoms with van der Waals surface area (Å²) >= 11 is 0. The van der Waals surface area contributed by atoms with Gasteiger partial charge in [0.05, 0.1) is 0 Å². The molecule has 4 nitrogen and oxygen atoms in total. The lowest BCUT2D eigenvalue weighted by Gasteiger charge is -2.13. The molecule has 0 fully saturated rings. The van der Waals surface area contributed by atoms with Crippen LogP contribution in [0.2, 0.25) is 0 Å². The summed E-state index contributed by atoms with van der Waals surface area (Å²) in [6.07, 6.45) is 2.56. The minimum atomic E-state index is -0.927. The van der Waals surface area contributed by atoms with Gasteiger partial charge in [-0.15, -0.1) is 0 Å². The number of hydrogen-bond donors (Lipinski definition) is 1. The predicted molar refractivity (Wildman–Crippen MR) is 69.2 cm³/mol. The number of benzene rings is 1. The van der Waals surface area contributed by atoms with E-state index in [1.165, 1.54) is 4.90 Å². The fourth-order valence-electron chi connectivity index (χ4n) is 1.74. The van der Waals surface area contributed by atoms with Gasteiger partial charge in [-0.05, 0) is 34.9 Å². The summed E-state index contributed by atoms with van der Waals surface area (Å²) in [5, 5.41) is 8.85. The first-order valence-corrected chi connectivity index (χ1v) is 5.60. The molecule has 0 bridgehead atoms. The number of carbonyl (C=O) groups is 1. The number of pyridine rings is 1. The van der Waals surface area contributed by atoms with Crippen LogP contribution in [0, 0.1) is 0 Å². The molecule has 1 aromatic carbocycles. The van der Waals surface area contributed by atoms with E-state index in [0.29, 0.717) is 6.54 Å². The van der Waals surface area contributed by atoms with Gasteiger partial charge in [-0.3, -0.25) is 4.98 Å². The number of nitrogens with zero attached hydrogens (tertiary/aromatic N) is 2. The number of aromatic nitrogens is 1. The summed E-state index contributed by atoms with van der Waals surface area (Å²) in [4.78, 5) is 16.0. The maximum atomic E-state index is 10.8. The Morgan fingerprint density at radius 2 is 1.94 bits per heavy atom. The van der Waals surface area contributed by atoms with E-state index >= 15 is 0 Å². The van der Waals surface area contributed by atoms with Gasteiger partial charge in [-0.25, -0.2) is 4.79 Å². The maximum Gasteiger partial charge on any atom is 0.407 e. The topological polar surface area (TPSA) is 53.4 Å². The monoisotopic (exact) mass is 242 g/mol. The van der Waals surface area contributed by atoms with Crippen LogP contribution < -0.4 is 0 Å². The van der Waals surface area contributed by atoms with E-state index in [9.17, 15) is 4.79 Å². The van der Waals surface area contributed by atoms with Gasteiger partial charge in [0.2, 0.25) is 0 Å². The number of hydrogen-bond acceptors (Lipinski definition) is 2. The Bertz CT molecular complexity index is 541. The standard InChI is InChI=1S/C14H14N2O2/c1-16(14(17)18)10-11-3-2-4-13(9-11)12-5-7-15-8-6-12/h2-9H,10H2,1H3,(H,17,18). The van der Waals surface area contributed by atoms with Crippen molar-refractivity contribution in [2.45, 2.75) is 6.54 Å². The summed E-state index contributed by atoms with van der Waals surface area (Å²) in [6.45, 7) is 0.383. The molecule has 0 unspecified atom stereocenters. The summed E-state index contributed by atoms with van der Waals surface area (Å²) < 4.78 is 0. The minimum Gasteiger partial charge on any atom is -0.465 e. The second-order valence-electron chi connectivity index (χ2n) is 4.07. The van der Waals surface area contributed by atoms with Crippen LogP contribution >= 0.6 is 0 Å². The third-order valence-electron chi connectivity index (χ3n) is 2.69. The van der Waals surface area contributed by atoms with Crippen molar-refractivity contribution in [3.05, 3.63) is 54.4 Å². The molecule has 1 heterocycles. The van der Waals surface area contributed by atoms with Crippen molar-refractivity contribution in [3.8, 4) is 11.1 Å². The lowest BCUT2D eigenvalue weighted by atomic mass is 10.0. The molecule has 1 N–H and O–H groups in total. The summed E-state index contributed by atoms with van der Waals surface area (Å²) in [7, 11) is 1.56. The first kappa shape index (κ1) is 12.1. The highest BCUT2D eigenvalue weighted by Gasteiger charge is 2.06. The van der Waals surface area contributed by atoms with Crippen LogP contribution in [-0.2, 0) is 6.54 Å². The van der Waals surface area contributed by atoms with Crippen LogP contribution in [0.3, 0.4) is 0 Å². The van der Waals surface area contributed by atoms with Gasteiger partial charge in [0, 0.05) is 26.0 Å². The predicted octanol–water partition coefficient (Wildman–Crippen LogP) is 2.86. The third-order valence-corrected chi connectivity index (χ3v) is 2.69. The summed E-state index contributed by atoms with van der Waals surface area (Å²) in [5.74, 6) is 0. The van der Waals surface area contributed by atoms with Gasteiger partial charge >= 0.3 is 6.09 Å². The van der Waals surface area contributed by atoms with Crippen molar-refractivity contribution < 1.29 is 9.90 Å². The van der Waals surface area contributed by atoms with Crippen molar-refractivity contribution in [3.63, 3.8) is 0 Å². The molecule has 1 amide bonds. The van der Waals surface area contributed by atoms with Crippen molar-refractivity contribution in [2.75, 3.05) is 7.05 Å². The van der Waals surface area contributed by atoms with Crippen LogP contribution in [0.25, 0.3) is 11.1 Å². The van der Waals surface area contributed by atoms with Crippen LogP contribution in [0.5, 0.6) is 0 Å². The Labute approximate surface area is 106 Å². The molecular weight excluding hydrogens is 228 g/mol. The third kappa shape index (κ3) is 2.85. The SMILES string of the molecule is CN(Cc1cccc(-c2ccncc2)c1)C(=O)O. The van der Waals surface area contributed by atoms with Gasteiger partial charge in [0.25, 0.3) is 0 Å². The van der Waals surface area contributed by atoms with Gasteiger partial charge in [-0.1, -0.05) is 18.2 Å². The normalized spacial score (nSPS) is 10.1. The quantitative estimate of drug-likeness (QED) is 0.900. The molecule has 1 aromatic heterocycles. The Kier molecular flexibility index (Phi) is 3.57. The highest BCUT2D eigenvalue weighted by Crippen LogP contribution is 2.19. The van der Waals surface area contributed by atoms with E-state index in [0.717, 1.165) is 16.7 Å². The van der Waals surface area contributed by atoms with Gasteiger partial charge < -0.3 is 10.0 Å². The van der Waals surface area contributed by atoms with Gasteiger partial charge in [0.15, 0.2) is 0 Å². The Morgan fingerprint density at radius 1 is 1.22 bits per heavy atom. The van der Waals surface area contributed by atoms with Crippen LogP contribution in [-0.4, -0.2) is 28.1 Å². The molecule has 0 saturated carbocycles. The first-order valence-electron chi connectivity index (χ1n) is 5.60. The number of rotatable bonds is 3. The zero-order valence-electron chi connectivity index (χ0n) is 10.1. The molecule has 0 atom stereocenters. The molecule has 2 rings (SSSR count). The van der Waals surface area contributed by atoms with E-state index in [4.69, 9.17) is 5.11 Å². The molecule has 0 spiro atoms. The lowest BCUT2D eigenvalue weighted by Crippen LogP contribution is -2.23. The molecule has 0 saturated heterocycles. The maximum absolute atomic E-state index is 10.8. The van der Waals surface area contributed by atoms with Crippen LogP contribution in [0.1, 0.15) is 5.56 Å². The van der Waals surface area contributed by atoms with Crippen LogP contribution in [0.15, 0.2) is 48.8 Å². The molecule has 0 aliphatic carbocycles. The fourth-order valence-corrected chi connectivity index (χ4v) is 1.74. The van der Waals surface area contributed by atoms with Gasteiger partial charge in [0.1, 0.15) is 0 Å². The largest absolute Gasteiger partial charge is 0.465 e. The Morgan fingerprint density at radius 3 is 2.61 bits per heavy atom. The van der Waals surface area contributed by atoms with E-state index in [2.05, 4.69) is 4.98 Å². The van der Waals surface area contributed by atoms with Crippen molar-refractivity contribution in [1.82, 2.24) is 9.88 Å². The fraction of sp³-hybridized carbons (Fsp3) is 0.143. The van der Waals surface area contributed by atoms with E-state index in [-0.39, 0.29) is 0 Å². The molecular formula is C14H14N2O2. The van der Waals surface area contributed by atoms with Crippen molar-refractivity contribution in [1.29, 1.82) is 0 Å². The van der Waals surface area contributed by atoms with Crippen LogP contribution in [0.4, 0.5) is 4.79 Å². The highest BCUT2D eigenvalue weighted by atomic mass is 16.4. The first-order chi connectivity index (χ1) is 8.66. The zero-order valence-corrected chi connectivity index (χ0v) is 10.1. The molecule has 0 radical (unpaired) electrons. The Hall–Kier alpha value is -2.36. The molecule has 18 heavy (non-hydrogen) atoms. The summed E-state index contributed by atoms with van der Waals surface area (Å²) in [5.41, 5.74) is 3.10. The average Bonchev–Trinajstić information content (AvgIpc) is 2.40. The van der Waals surface area contributed by atoms with Crippen molar-refractivity contribution in [2.24, 2.45) is 0 Å². The number of amides is 1. The molecule has 0 aliphatic rings. The second-order valence-corrected chi connectivity index (χ2v) is 4.07. The van der Waals surface area contributed by atoms with Gasteiger partial charge in [-0.2, -0.15) is 0 Å². The second kappa shape index (κ2) is 5.31. The van der Waals surface area contributed by atoms with E-state index in [1.807, 2.05) is 36.4 Å². The van der Waals surface area contributed by atoms with Crippen molar-refractivity contribution >= 4 is 6.09 Å². The lowest BCUT2D eigenvalue weighted by molar-refractivity contribution is 0.154. The van der Waals surface area contributed by atoms with E-state index in [1.54, 1.807) is 19.4 Å². The molecule has 92 valence electrons. The van der Waals surface area contributed by atoms with E-state index < -0.39 is 6.09 Å². The Balaban J connectivity index is 2.23. The molecule has 2 aromatic rings. The molecule has 0 aliphatic heterocycles. The highest BCUT2D eigenvalue weighted by molar-refractivity contribution is 5.66. The average molecular weight is 242 g/mol. The summed E-state index contributed by atoms with van der Waals surface area (Å²) in [6, 6.07) is 11.7. The number of carboxylic acid groups (broad SMARTS) is 1.